The van der Waals surface area contributed by atoms with E-state index < -0.39 is 0 Å². The van der Waals surface area contributed by atoms with Crippen molar-refractivity contribution in [1.82, 2.24) is 5.43 Å². The van der Waals surface area contributed by atoms with Gasteiger partial charge < -0.3 is 10.1 Å². The molecule has 0 saturated heterocycles. The Bertz CT molecular complexity index is 1310. The Morgan fingerprint density at radius 3 is 2.36 bits per heavy atom. The van der Waals surface area contributed by atoms with E-state index in [0.717, 1.165) is 40.8 Å². The van der Waals surface area contributed by atoms with Crippen molar-refractivity contribution in [3.8, 4) is 11.8 Å². The molecular weight excluding hydrogens is 682 g/mol. The van der Waals surface area contributed by atoms with Crippen LogP contribution in [0.4, 0.5) is 5.69 Å². The minimum atomic E-state index is -0.339. The molecule has 0 aliphatic rings. The highest BCUT2D eigenvalue weighted by Crippen LogP contribution is 2.29. The molecule has 0 spiro atoms. The zero-order valence-electron chi connectivity index (χ0n) is 19.8. The maximum atomic E-state index is 12.2. The van der Waals surface area contributed by atoms with E-state index in [1.165, 1.54) is 0 Å². The number of hydrazone groups is 1. The van der Waals surface area contributed by atoms with Gasteiger partial charge in [-0.25, -0.2) is 5.43 Å². The summed E-state index contributed by atoms with van der Waals surface area (Å²) in [6.07, 6.45) is 1.66. The van der Waals surface area contributed by atoms with Crippen LogP contribution in [0.2, 0.25) is 0 Å². The van der Waals surface area contributed by atoms with Gasteiger partial charge in [0, 0.05) is 18.5 Å². The molecule has 0 fully saturated rings. The quantitative estimate of drug-likeness (QED) is 0.166. The lowest BCUT2D eigenvalue weighted by atomic mass is 10.1. The van der Waals surface area contributed by atoms with E-state index in [1.807, 2.05) is 56.3 Å². The molecule has 0 saturated carbocycles. The summed E-state index contributed by atoms with van der Waals surface area (Å²) in [5.74, 6) is 0.203. The van der Waals surface area contributed by atoms with Gasteiger partial charge in [-0.1, -0.05) is 24.3 Å². The summed E-state index contributed by atoms with van der Waals surface area (Å²) >= 11 is 4.40. The summed E-state index contributed by atoms with van der Waals surface area (Å²) in [7, 11) is 0. The molecule has 36 heavy (non-hydrogen) atoms. The first-order valence-corrected chi connectivity index (χ1v) is 13.2. The predicted molar refractivity (Wildman–Crippen MR) is 157 cm³/mol. The molecule has 3 aromatic carbocycles. The number of hydrogen-bond donors (Lipinski definition) is 2. The van der Waals surface area contributed by atoms with Crippen LogP contribution in [0.25, 0.3) is 0 Å². The van der Waals surface area contributed by atoms with Crippen LogP contribution in [-0.2, 0) is 16.2 Å². The summed E-state index contributed by atoms with van der Waals surface area (Å²) in [6, 6.07) is 18.9. The van der Waals surface area contributed by atoms with E-state index in [0.29, 0.717) is 12.2 Å². The average Bonchev–Trinajstić information content (AvgIpc) is 2.85. The number of carbonyl (C=O) groups is 2. The maximum Gasteiger partial charge on any atom is 0.240 e. The van der Waals surface area contributed by atoms with E-state index >= 15 is 0 Å². The van der Waals surface area contributed by atoms with Crippen LogP contribution in [0.15, 0.2) is 59.7 Å². The molecule has 0 aromatic heterocycles. The standard InChI is InChI=1S/C27H24I2N4O3/c1-17-4-3-5-24(18(17)2)32-25(34)10-11-26(35)33-31-15-21-12-22(28)27(23(29)13-21)36-16-20-8-6-19(14-30)7-9-20/h3-9,12-13,15H,10-11,16H2,1-2H3,(H,32,34)(H,33,35). The van der Waals surface area contributed by atoms with Gasteiger partial charge in [0.2, 0.25) is 11.8 Å². The molecule has 9 heteroatoms. The normalized spacial score (nSPS) is 10.6. The number of aryl methyl sites for hydroxylation is 1. The van der Waals surface area contributed by atoms with Gasteiger partial charge in [0.05, 0.1) is 25.0 Å². The Balaban J connectivity index is 1.48. The molecular formula is C27H24I2N4O3. The number of benzene rings is 3. The van der Waals surface area contributed by atoms with Gasteiger partial charge >= 0.3 is 0 Å². The van der Waals surface area contributed by atoms with Crippen LogP contribution in [0, 0.1) is 32.3 Å². The molecule has 0 atom stereocenters. The second kappa shape index (κ2) is 13.4. The van der Waals surface area contributed by atoms with Gasteiger partial charge in [-0.05, 0) is 112 Å². The smallest absolute Gasteiger partial charge is 0.240 e. The predicted octanol–water partition coefficient (Wildman–Crippen LogP) is 5.83. The molecule has 3 aromatic rings. The van der Waals surface area contributed by atoms with Crippen molar-refractivity contribution in [3.05, 3.63) is 89.6 Å². The van der Waals surface area contributed by atoms with E-state index in [1.54, 1.807) is 18.3 Å². The Labute approximate surface area is 237 Å². The molecule has 2 N–H and O–H groups in total. The lowest BCUT2D eigenvalue weighted by Gasteiger charge is -2.11. The van der Waals surface area contributed by atoms with Gasteiger partial charge in [-0.15, -0.1) is 0 Å². The van der Waals surface area contributed by atoms with Crippen LogP contribution >= 0.6 is 45.2 Å². The van der Waals surface area contributed by atoms with Gasteiger partial charge in [0.1, 0.15) is 12.4 Å². The third-order valence-electron chi connectivity index (χ3n) is 5.35. The van der Waals surface area contributed by atoms with Crippen LogP contribution < -0.4 is 15.5 Å². The topological polar surface area (TPSA) is 104 Å². The first kappa shape index (κ1) is 27.6. The summed E-state index contributed by atoms with van der Waals surface area (Å²) in [5, 5.41) is 15.8. The minimum Gasteiger partial charge on any atom is -0.487 e. The van der Waals surface area contributed by atoms with Crippen LogP contribution in [0.1, 0.15) is 40.7 Å². The lowest BCUT2D eigenvalue weighted by molar-refractivity contribution is -0.124. The van der Waals surface area contributed by atoms with Crippen LogP contribution in [-0.4, -0.2) is 18.0 Å². The van der Waals surface area contributed by atoms with Gasteiger partial charge in [0.25, 0.3) is 0 Å². The molecule has 184 valence electrons. The second-order valence-electron chi connectivity index (χ2n) is 8.00. The van der Waals surface area contributed by atoms with Crippen molar-refractivity contribution in [1.29, 1.82) is 5.26 Å². The fourth-order valence-corrected chi connectivity index (χ4v) is 5.31. The average molecular weight is 706 g/mol. The number of nitrogens with one attached hydrogen (secondary N) is 2. The SMILES string of the molecule is Cc1cccc(NC(=O)CCC(=O)NN=Cc2cc(I)c(OCc3ccc(C#N)cc3)c(I)c2)c1C. The van der Waals surface area contributed by atoms with Gasteiger partial charge in [0.15, 0.2) is 0 Å². The number of amides is 2. The lowest BCUT2D eigenvalue weighted by Crippen LogP contribution is -2.21. The Kier molecular flexibility index (Phi) is 10.2. The first-order chi connectivity index (χ1) is 17.3. The van der Waals surface area contributed by atoms with Crippen molar-refractivity contribution in [2.45, 2.75) is 33.3 Å². The molecule has 0 aliphatic carbocycles. The number of hydrogen-bond acceptors (Lipinski definition) is 5. The highest BCUT2D eigenvalue weighted by molar-refractivity contribution is 14.1. The molecule has 0 heterocycles. The molecule has 0 aliphatic heterocycles. The van der Waals surface area contributed by atoms with Crippen molar-refractivity contribution in [3.63, 3.8) is 0 Å². The number of carbonyl (C=O) groups excluding carboxylic acids is 2. The molecule has 3 rings (SSSR count). The number of nitrogens with zero attached hydrogens (tertiary/aromatic N) is 2. The van der Waals surface area contributed by atoms with Crippen molar-refractivity contribution in [2.24, 2.45) is 5.10 Å². The molecule has 2 amide bonds. The van der Waals surface area contributed by atoms with Gasteiger partial charge in [-0.3, -0.25) is 9.59 Å². The zero-order chi connectivity index (χ0) is 26.1. The van der Waals surface area contributed by atoms with E-state index in [-0.39, 0.29) is 24.7 Å². The van der Waals surface area contributed by atoms with E-state index in [9.17, 15) is 9.59 Å². The molecule has 7 nitrogen and oxygen atoms in total. The Morgan fingerprint density at radius 1 is 1.03 bits per heavy atom. The summed E-state index contributed by atoms with van der Waals surface area (Å²) in [4.78, 5) is 24.3. The van der Waals surface area contributed by atoms with E-state index in [4.69, 9.17) is 10.00 Å². The second-order valence-corrected chi connectivity index (χ2v) is 10.3. The highest BCUT2D eigenvalue weighted by atomic mass is 127. The molecule has 0 unspecified atom stereocenters. The van der Waals surface area contributed by atoms with Crippen LogP contribution in [0.5, 0.6) is 5.75 Å². The van der Waals surface area contributed by atoms with Crippen molar-refractivity contribution in [2.75, 3.05) is 5.32 Å². The minimum absolute atomic E-state index is 0.0330. The third kappa shape index (κ3) is 8.03. The number of ether oxygens (including phenoxy) is 1. The highest BCUT2D eigenvalue weighted by Gasteiger charge is 2.11. The fraction of sp³-hybridized carbons (Fsp3) is 0.185. The first-order valence-electron chi connectivity index (χ1n) is 11.1. The largest absolute Gasteiger partial charge is 0.487 e. The molecule has 0 radical (unpaired) electrons. The summed E-state index contributed by atoms with van der Waals surface area (Å²) < 4.78 is 7.80. The monoisotopic (exact) mass is 706 g/mol. The third-order valence-corrected chi connectivity index (χ3v) is 6.95. The Morgan fingerprint density at radius 2 is 1.69 bits per heavy atom. The zero-order valence-corrected chi connectivity index (χ0v) is 24.1. The van der Waals surface area contributed by atoms with Crippen molar-refractivity contribution >= 4 is 68.9 Å². The molecule has 0 bridgehead atoms. The van der Waals surface area contributed by atoms with Gasteiger partial charge in [-0.2, -0.15) is 10.4 Å². The number of anilines is 1. The fourth-order valence-electron chi connectivity index (χ4n) is 3.18. The van der Waals surface area contributed by atoms with E-state index in [2.05, 4.69) is 67.1 Å². The maximum absolute atomic E-state index is 12.2. The number of nitriles is 1. The summed E-state index contributed by atoms with van der Waals surface area (Å²) in [6.45, 7) is 4.32. The number of halogens is 2. The number of rotatable bonds is 9. The van der Waals surface area contributed by atoms with Crippen LogP contribution in [0.3, 0.4) is 0 Å². The van der Waals surface area contributed by atoms with Crippen molar-refractivity contribution < 1.29 is 14.3 Å². The summed E-state index contributed by atoms with van der Waals surface area (Å²) in [5.41, 5.74) is 7.72. The Hall–Kier alpha value is -2.98.